The minimum Gasteiger partial charge on any atom is -0.206 e. The molecule has 0 N–H and O–H groups in total. The summed E-state index contributed by atoms with van der Waals surface area (Å²) in [6.07, 6.45) is 1.53. The van der Waals surface area contributed by atoms with Crippen LogP contribution in [0.4, 0.5) is 4.39 Å². The van der Waals surface area contributed by atoms with Gasteiger partial charge in [-0.3, -0.25) is 0 Å². The van der Waals surface area contributed by atoms with E-state index in [1.807, 2.05) is 0 Å². The van der Waals surface area contributed by atoms with Gasteiger partial charge in [-0.05, 0) is 6.07 Å². The van der Waals surface area contributed by atoms with E-state index in [1.165, 1.54) is 18.2 Å². The van der Waals surface area contributed by atoms with E-state index in [-0.39, 0.29) is 5.82 Å². The lowest BCUT2D eigenvalue weighted by atomic mass is 10.2. The van der Waals surface area contributed by atoms with E-state index in [0.29, 0.717) is 5.56 Å². The van der Waals surface area contributed by atoms with E-state index in [9.17, 15) is 4.39 Å². The molecule has 0 nitrogen and oxygen atoms in total. The molecule has 0 spiro atoms. The summed E-state index contributed by atoms with van der Waals surface area (Å²) in [4.78, 5) is 0. The van der Waals surface area contributed by atoms with Crippen LogP contribution in [0.5, 0.6) is 0 Å². The molecule has 0 aromatic heterocycles. The Morgan fingerprint density at radius 1 is 1.67 bits per heavy atom. The van der Waals surface area contributed by atoms with E-state index >= 15 is 0 Å². The van der Waals surface area contributed by atoms with Crippen molar-refractivity contribution in [1.29, 1.82) is 0 Å². The quantitative estimate of drug-likeness (QED) is 0.532. The van der Waals surface area contributed by atoms with Crippen molar-refractivity contribution in [1.82, 2.24) is 0 Å². The van der Waals surface area contributed by atoms with Crippen LogP contribution in [-0.4, -0.2) is 0 Å². The molecule has 0 bridgehead atoms. The Hall–Kier alpha value is -1.29. The highest BCUT2D eigenvalue weighted by molar-refractivity contribution is 5.43. The summed E-state index contributed by atoms with van der Waals surface area (Å²) >= 11 is 0. The number of halogens is 1. The van der Waals surface area contributed by atoms with Gasteiger partial charge in [0.2, 0.25) is 0 Å². The smallest absolute Gasteiger partial charge is 0.132 e. The van der Waals surface area contributed by atoms with Gasteiger partial charge in [0.05, 0.1) is 0 Å². The Kier molecular flexibility index (Phi) is 1.51. The van der Waals surface area contributed by atoms with Gasteiger partial charge in [0, 0.05) is 11.6 Å². The van der Waals surface area contributed by atoms with E-state index < -0.39 is 0 Å². The predicted molar refractivity (Wildman–Crippen MR) is 34.2 cm³/mol. The summed E-state index contributed by atoms with van der Waals surface area (Å²) in [5.41, 5.74) is 0.634. The second-order valence-corrected chi connectivity index (χ2v) is 1.60. The van der Waals surface area contributed by atoms with Crippen molar-refractivity contribution >= 4 is 6.08 Å². The van der Waals surface area contributed by atoms with Gasteiger partial charge in [0.25, 0.3) is 0 Å². The zero-order valence-electron chi connectivity index (χ0n) is 4.82. The standard InChI is InChI=1S/C8H5F/c1-2-7-4-3-5-8(9)6-7/h2,5-6H,1H2. The average molecular weight is 120 g/mol. The first-order valence-electron chi connectivity index (χ1n) is 2.54. The van der Waals surface area contributed by atoms with Gasteiger partial charge in [0.15, 0.2) is 0 Å². The minimum absolute atomic E-state index is 0.302. The monoisotopic (exact) mass is 120 g/mol. The molecule has 0 saturated carbocycles. The molecule has 0 aliphatic carbocycles. The molecule has 1 heteroatoms. The van der Waals surface area contributed by atoms with Crippen molar-refractivity contribution in [2.24, 2.45) is 0 Å². The topological polar surface area (TPSA) is 0 Å². The van der Waals surface area contributed by atoms with Crippen LogP contribution in [0.25, 0.3) is 6.08 Å². The molecule has 0 unspecified atom stereocenters. The molecule has 1 aromatic rings. The highest BCUT2D eigenvalue weighted by Crippen LogP contribution is 1.98. The van der Waals surface area contributed by atoms with Crippen molar-refractivity contribution in [3.05, 3.63) is 42.2 Å². The van der Waals surface area contributed by atoms with E-state index in [0.717, 1.165) is 0 Å². The van der Waals surface area contributed by atoms with E-state index in [4.69, 9.17) is 0 Å². The Labute approximate surface area is 53.6 Å². The van der Waals surface area contributed by atoms with Gasteiger partial charge in [-0.2, -0.15) is 0 Å². The van der Waals surface area contributed by atoms with Gasteiger partial charge in [0.1, 0.15) is 5.82 Å². The molecule has 44 valence electrons. The number of rotatable bonds is 1. The van der Waals surface area contributed by atoms with Gasteiger partial charge in [-0.25, -0.2) is 4.39 Å². The van der Waals surface area contributed by atoms with Crippen LogP contribution in [-0.2, 0) is 0 Å². The molecule has 0 heterocycles. The van der Waals surface area contributed by atoms with Crippen molar-refractivity contribution in [2.45, 2.75) is 0 Å². The van der Waals surface area contributed by atoms with Crippen molar-refractivity contribution in [3.63, 3.8) is 0 Å². The first kappa shape index (κ1) is 5.84. The third-order valence-electron chi connectivity index (χ3n) is 0.940. The van der Waals surface area contributed by atoms with Crippen LogP contribution in [0.15, 0.2) is 18.7 Å². The van der Waals surface area contributed by atoms with Crippen LogP contribution in [0, 0.1) is 17.9 Å². The normalized spacial score (nSPS) is 8.11. The van der Waals surface area contributed by atoms with Crippen LogP contribution < -0.4 is 0 Å². The summed E-state index contributed by atoms with van der Waals surface area (Å²) in [5.74, 6) is -0.302. The molecule has 0 radical (unpaired) electrons. The lowest BCUT2D eigenvalue weighted by Gasteiger charge is -1.83. The molecule has 1 aromatic carbocycles. The maximum absolute atomic E-state index is 12.3. The molecule has 0 fully saturated rings. The lowest BCUT2D eigenvalue weighted by molar-refractivity contribution is 0.628. The summed E-state index contributed by atoms with van der Waals surface area (Å²) in [7, 11) is 0. The van der Waals surface area contributed by atoms with Gasteiger partial charge in [-0.1, -0.05) is 24.8 Å². The lowest BCUT2D eigenvalue weighted by Crippen LogP contribution is -1.70. The third kappa shape index (κ3) is 1.30. The van der Waals surface area contributed by atoms with Crippen molar-refractivity contribution in [2.75, 3.05) is 0 Å². The zero-order chi connectivity index (χ0) is 6.69. The second kappa shape index (κ2) is 2.32. The summed E-state index contributed by atoms with van der Waals surface area (Å²) < 4.78 is 12.3. The highest BCUT2D eigenvalue weighted by atomic mass is 19.1. The van der Waals surface area contributed by atoms with E-state index in [2.05, 4.69) is 18.7 Å². The summed E-state index contributed by atoms with van der Waals surface area (Å²) in [6, 6.07) is 7.76. The molecule has 9 heavy (non-hydrogen) atoms. The third-order valence-corrected chi connectivity index (χ3v) is 0.940. The predicted octanol–water partition coefficient (Wildman–Crippen LogP) is 2.07. The van der Waals surface area contributed by atoms with Crippen LogP contribution >= 0.6 is 0 Å². The largest absolute Gasteiger partial charge is 0.206 e. The number of hydrogen-bond donors (Lipinski definition) is 0. The minimum atomic E-state index is -0.302. The summed E-state index contributed by atoms with van der Waals surface area (Å²) in [5, 5.41) is 0. The fourth-order valence-electron chi connectivity index (χ4n) is 0.525. The highest BCUT2D eigenvalue weighted by Gasteiger charge is 1.85. The number of hydrogen-bond acceptors (Lipinski definition) is 0. The summed E-state index contributed by atoms with van der Waals surface area (Å²) in [6.45, 7) is 3.45. The fraction of sp³-hybridized carbons (Fsp3) is 0. The Morgan fingerprint density at radius 2 is 2.44 bits per heavy atom. The zero-order valence-corrected chi connectivity index (χ0v) is 4.82. The van der Waals surface area contributed by atoms with Gasteiger partial charge in [-0.15, -0.1) is 0 Å². The van der Waals surface area contributed by atoms with Crippen LogP contribution in [0.3, 0.4) is 0 Å². The van der Waals surface area contributed by atoms with Crippen molar-refractivity contribution in [3.8, 4) is 0 Å². The Morgan fingerprint density at radius 3 is 2.89 bits per heavy atom. The first-order valence-corrected chi connectivity index (χ1v) is 2.54. The Bertz CT molecular complexity index is 216. The second-order valence-electron chi connectivity index (χ2n) is 1.60. The molecule has 1 rings (SSSR count). The SMILES string of the molecule is C=Cc1c#ccc(F)c1. The molecule has 0 atom stereocenters. The maximum atomic E-state index is 12.3. The molecule has 0 aliphatic rings. The first-order chi connectivity index (χ1) is 4.33. The molecule has 0 aliphatic heterocycles. The van der Waals surface area contributed by atoms with Crippen LogP contribution in [0.2, 0.25) is 0 Å². The van der Waals surface area contributed by atoms with Crippen LogP contribution in [0.1, 0.15) is 5.56 Å². The van der Waals surface area contributed by atoms with E-state index in [1.54, 1.807) is 0 Å². The average Bonchev–Trinajstić information content (AvgIpc) is 1.88. The molecule has 0 saturated heterocycles. The molecular formula is C8H5F. The van der Waals surface area contributed by atoms with Gasteiger partial charge < -0.3 is 0 Å². The maximum Gasteiger partial charge on any atom is 0.132 e. The fourth-order valence-corrected chi connectivity index (χ4v) is 0.525. The van der Waals surface area contributed by atoms with Gasteiger partial charge >= 0.3 is 0 Å². The Balaban J connectivity index is 3.07. The molecule has 0 amide bonds. The molecular weight excluding hydrogens is 115 g/mol. The van der Waals surface area contributed by atoms with Crippen molar-refractivity contribution < 1.29 is 4.39 Å².